The third-order valence-electron chi connectivity index (χ3n) is 3.91. The van der Waals surface area contributed by atoms with Crippen LogP contribution in [0.15, 0.2) is 18.2 Å². The van der Waals surface area contributed by atoms with Crippen LogP contribution in [0.3, 0.4) is 0 Å². The van der Waals surface area contributed by atoms with Gasteiger partial charge in [0.25, 0.3) is 0 Å². The molecule has 1 fully saturated rings. The molecular formula is C15H24N2. The number of nitrogens with one attached hydrogen (secondary N) is 1. The van der Waals surface area contributed by atoms with E-state index >= 15 is 0 Å². The fourth-order valence-corrected chi connectivity index (χ4v) is 2.49. The maximum atomic E-state index is 5.91. The molecule has 0 heterocycles. The summed E-state index contributed by atoms with van der Waals surface area (Å²) in [6.45, 7) is 6.43. The van der Waals surface area contributed by atoms with E-state index in [1.165, 1.54) is 36.8 Å². The Balaban J connectivity index is 1.80. The largest absolute Gasteiger partial charge is 0.399 e. The number of rotatable bonds is 6. The van der Waals surface area contributed by atoms with Crippen molar-refractivity contribution < 1.29 is 0 Å². The van der Waals surface area contributed by atoms with E-state index in [4.69, 9.17) is 5.73 Å². The minimum Gasteiger partial charge on any atom is -0.399 e. The highest BCUT2D eigenvalue weighted by atomic mass is 14.9. The molecule has 94 valence electrons. The lowest BCUT2D eigenvalue weighted by atomic mass is 10.0. The van der Waals surface area contributed by atoms with Crippen LogP contribution in [0, 0.1) is 12.3 Å². The predicted molar refractivity (Wildman–Crippen MR) is 73.9 cm³/mol. The van der Waals surface area contributed by atoms with Crippen molar-refractivity contribution in [3.63, 3.8) is 0 Å². The zero-order valence-electron chi connectivity index (χ0n) is 11.1. The van der Waals surface area contributed by atoms with Crippen molar-refractivity contribution >= 4 is 5.69 Å². The van der Waals surface area contributed by atoms with Crippen molar-refractivity contribution in [3.8, 4) is 0 Å². The van der Waals surface area contributed by atoms with E-state index in [2.05, 4.69) is 30.4 Å². The lowest BCUT2D eigenvalue weighted by Crippen LogP contribution is -2.23. The van der Waals surface area contributed by atoms with Gasteiger partial charge in [-0.3, -0.25) is 0 Å². The van der Waals surface area contributed by atoms with Gasteiger partial charge in [0.05, 0.1) is 0 Å². The first kappa shape index (κ1) is 12.4. The molecule has 1 aliphatic carbocycles. The van der Waals surface area contributed by atoms with Crippen molar-refractivity contribution in [2.24, 2.45) is 5.41 Å². The Kier molecular flexibility index (Phi) is 3.72. The summed E-state index contributed by atoms with van der Waals surface area (Å²) in [6, 6.07) is 6.35. The molecule has 0 spiro atoms. The highest BCUT2D eigenvalue weighted by Crippen LogP contribution is 2.48. The average molecular weight is 232 g/mol. The number of nitrogen functional groups attached to an aromatic ring is 1. The van der Waals surface area contributed by atoms with Crippen LogP contribution in [0.1, 0.15) is 43.7 Å². The number of benzene rings is 1. The van der Waals surface area contributed by atoms with Crippen LogP contribution in [-0.4, -0.2) is 6.54 Å². The second-order valence-electron chi connectivity index (χ2n) is 5.54. The maximum absolute atomic E-state index is 5.91. The third kappa shape index (κ3) is 3.22. The second kappa shape index (κ2) is 5.09. The first-order valence-electron chi connectivity index (χ1n) is 6.71. The zero-order chi connectivity index (χ0) is 12.3. The van der Waals surface area contributed by atoms with E-state index in [9.17, 15) is 0 Å². The molecule has 3 N–H and O–H groups in total. The van der Waals surface area contributed by atoms with Gasteiger partial charge in [-0.15, -0.1) is 0 Å². The van der Waals surface area contributed by atoms with Gasteiger partial charge in [0, 0.05) is 18.8 Å². The number of anilines is 1. The van der Waals surface area contributed by atoms with Gasteiger partial charge in [-0.2, -0.15) is 0 Å². The Morgan fingerprint density at radius 1 is 1.35 bits per heavy atom. The van der Waals surface area contributed by atoms with Gasteiger partial charge in [0.2, 0.25) is 0 Å². The molecule has 1 aromatic rings. The first-order valence-corrected chi connectivity index (χ1v) is 6.71. The van der Waals surface area contributed by atoms with Crippen LogP contribution in [0.4, 0.5) is 5.69 Å². The molecule has 0 radical (unpaired) electrons. The summed E-state index contributed by atoms with van der Waals surface area (Å²) in [7, 11) is 0. The van der Waals surface area contributed by atoms with E-state index in [1.54, 1.807) is 0 Å². The molecule has 0 bridgehead atoms. The average Bonchev–Trinajstić information content (AvgIpc) is 3.04. The van der Waals surface area contributed by atoms with Crippen LogP contribution >= 0.6 is 0 Å². The van der Waals surface area contributed by atoms with Crippen molar-refractivity contribution in [1.29, 1.82) is 0 Å². The highest BCUT2D eigenvalue weighted by molar-refractivity contribution is 5.48. The molecule has 2 nitrogen and oxygen atoms in total. The Morgan fingerprint density at radius 3 is 2.71 bits per heavy atom. The summed E-state index contributed by atoms with van der Waals surface area (Å²) in [6.07, 6.45) is 5.49. The van der Waals surface area contributed by atoms with Crippen LogP contribution in [0.2, 0.25) is 0 Å². The fourth-order valence-electron chi connectivity index (χ4n) is 2.49. The predicted octanol–water partition coefficient (Wildman–Crippen LogP) is 3.25. The highest BCUT2D eigenvalue weighted by Gasteiger charge is 2.40. The molecule has 2 rings (SSSR count). The lowest BCUT2D eigenvalue weighted by Gasteiger charge is -2.15. The molecule has 17 heavy (non-hydrogen) atoms. The monoisotopic (exact) mass is 232 g/mol. The quantitative estimate of drug-likeness (QED) is 0.739. The first-order chi connectivity index (χ1) is 8.15. The van der Waals surface area contributed by atoms with Gasteiger partial charge in [0.15, 0.2) is 0 Å². The number of hydrogen-bond acceptors (Lipinski definition) is 2. The summed E-state index contributed by atoms with van der Waals surface area (Å²) in [5, 5.41) is 3.58. The summed E-state index contributed by atoms with van der Waals surface area (Å²) in [4.78, 5) is 0. The molecule has 0 saturated heterocycles. The van der Waals surface area contributed by atoms with E-state index in [1.807, 2.05) is 6.92 Å². The van der Waals surface area contributed by atoms with Crippen molar-refractivity contribution in [1.82, 2.24) is 5.32 Å². The topological polar surface area (TPSA) is 38.0 Å². The summed E-state index contributed by atoms with van der Waals surface area (Å²) in [5.41, 5.74) is 9.90. The molecular weight excluding hydrogens is 208 g/mol. The van der Waals surface area contributed by atoms with Gasteiger partial charge in [-0.25, -0.2) is 0 Å². The standard InChI is InChI=1S/C15H24N2/c1-3-6-15(7-8-15)11-17-10-13-5-4-12(2)14(16)9-13/h4-5,9,17H,3,6-8,10-11,16H2,1-2H3. The Bertz CT molecular complexity index is 381. The maximum Gasteiger partial charge on any atom is 0.0346 e. The minimum absolute atomic E-state index is 0.630. The molecule has 0 atom stereocenters. The lowest BCUT2D eigenvalue weighted by molar-refractivity contribution is 0.421. The zero-order valence-corrected chi connectivity index (χ0v) is 11.1. The molecule has 0 amide bonds. The minimum atomic E-state index is 0.630. The van der Waals surface area contributed by atoms with Crippen LogP contribution in [0.25, 0.3) is 0 Å². The Hall–Kier alpha value is -1.02. The normalized spacial score (nSPS) is 17.1. The number of hydrogen-bond donors (Lipinski definition) is 2. The SMILES string of the molecule is CCCC1(CNCc2ccc(C)c(N)c2)CC1. The van der Waals surface area contributed by atoms with Crippen molar-refractivity contribution in [3.05, 3.63) is 29.3 Å². The van der Waals surface area contributed by atoms with Gasteiger partial charge in [-0.05, 0) is 48.8 Å². The summed E-state index contributed by atoms with van der Waals surface area (Å²) in [5.74, 6) is 0. The van der Waals surface area contributed by atoms with Crippen molar-refractivity contribution in [2.45, 2.75) is 46.1 Å². The summed E-state index contributed by atoms with van der Waals surface area (Å²) >= 11 is 0. The molecule has 0 unspecified atom stereocenters. The van der Waals surface area contributed by atoms with E-state index in [-0.39, 0.29) is 0 Å². The third-order valence-corrected chi connectivity index (χ3v) is 3.91. The van der Waals surface area contributed by atoms with Gasteiger partial charge < -0.3 is 11.1 Å². The summed E-state index contributed by atoms with van der Waals surface area (Å²) < 4.78 is 0. The molecule has 1 saturated carbocycles. The smallest absolute Gasteiger partial charge is 0.0346 e. The Morgan fingerprint density at radius 2 is 2.12 bits per heavy atom. The van der Waals surface area contributed by atoms with Gasteiger partial charge in [0.1, 0.15) is 0 Å². The molecule has 0 aromatic heterocycles. The van der Waals surface area contributed by atoms with Gasteiger partial charge in [-0.1, -0.05) is 25.5 Å². The van der Waals surface area contributed by atoms with Crippen LogP contribution in [-0.2, 0) is 6.54 Å². The number of aryl methyl sites for hydroxylation is 1. The van der Waals surface area contributed by atoms with Crippen LogP contribution in [0.5, 0.6) is 0 Å². The second-order valence-corrected chi connectivity index (χ2v) is 5.54. The molecule has 0 aliphatic heterocycles. The Labute approximate surface area is 105 Å². The van der Waals surface area contributed by atoms with E-state index in [0.717, 1.165) is 18.8 Å². The molecule has 1 aromatic carbocycles. The fraction of sp³-hybridized carbons (Fsp3) is 0.600. The van der Waals surface area contributed by atoms with E-state index < -0.39 is 0 Å². The van der Waals surface area contributed by atoms with Gasteiger partial charge >= 0.3 is 0 Å². The molecule has 2 heteroatoms. The van der Waals surface area contributed by atoms with Crippen molar-refractivity contribution in [2.75, 3.05) is 12.3 Å². The molecule has 1 aliphatic rings. The van der Waals surface area contributed by atoms with E-state index in [0.29, 0.717) is 5.41 Å². The number of nitrogens with two attached hydrogens (primary N) is 1. The van der Waals surface area contributed by atoms with Crippen LogP contribution < -0.4 is 11.1 Å².